The van der Waals surface area contributed by atoms with Crippen molar-refractivity contribution in [1.82, 2.24) is 19.5 Å². The van der Waals surface area contributed by atoms with Crippen LogP contribution in [-0.2, 0) is 32.2 Å². The van der Waals surface area contributed by atoms with E-state index in [0.717, 1.165) is 44.4 Å². The van der Waals surface area contributed by atoms with Crippen LogP contribution >= 0.6 is 0 Å². The van der Waals surface area contributed by atoms with Crippen LogP contribution in [0, 0.1) is 6.92 Å². The maximum absolute atomic E-state index is 13.3. The molecule has 0 unspecified atom stereocenters. The van der Waals surface area contributed by atoms with Gasteiger partial charge in [0.15, 0.2) is 9.84 Å². The number of H-pyrrole nitrogens is 1. The van der Waals surface area contributed by atoms with E-state index in [0.29, 0.717) is 29.9 Å². The molecule has 0 spiro atoms. The number of pyridine rings is 1. The fourth-order valence-electron chi connectivity index (χ4n) is 6.25. The topological polar surface area (TPSA) is 118 Å². The number of sulfonamides is 1. The van der Waals surface area contributed by atoms with Gasteiger partial charge in [-0.15, -0.1) is 0 Å². The Bertz CT molecular complexity index is 2490. The number of benzene rings is 4. The van der Waals surface area contributed by atoms with Crippen molar-refractivity contribution in [2.45, 2.75) is 30.5 Å². The third kappa shape index (κ3) is 6.47. The van der Waals surface area contributed by atoms with Gasteiger partial charge in [-0.1, -0.05) is 66.7 Å². The van der Waals surface area contributed by atoms with Gasteiger partial charge in [0.25, 0.3) is 0 Å². The van der Waals surface area contributed by atoms with E-state index in [4.69, 9.17) is 4.98 Å². The summed E-state index contributed by atoms with van der Waals surface area (Å²) in [6.07, 6.45) is 5.86. The maximum Gasteiger partial charge on any atom is 0.234 e. The molecule has 0 radical (unpaired) electrons. The lowest BCUT2D eigenvalue weighted by Gasteiger charge is -2.20. The van der Waals surface area contributed by atoms with Crippen LogP contribution in [0.4, 0.5) is 5.69 Å². The molecular weight excluding hydrogens is 655 g/mol. The van der Waals surface area contributed by atoms with Crippen molar-refractivity contribution in [3.05, 3.63) is 133 Å². The average Bonchev–Trinajstić information content (AvgIpc) is 3.70. The molecule has 7 aromatic rings. The molecule has 0 aliphatic heterocycles. The number of hydrogen-bond donors (Lipinski definition) is 1. The number of aromatic nitrogens is 4. The zero-order valence-corrected chi connectivity index (χ0v) is 28.7. The van der Waals surface area contributed by atoms with Crippen LogP contribution < -0.4 is 4.31 Å². The molecule has 11 heteroatoms. The molecule has 0 aliphatic carbocycles. The summed E-state index contributed by atoms with van der Waals surface area (Å²) >= 11 is 0. The predicted molar refractivity (Wildman–Crippen MR) is 196 cm³/mol. The molecule has 49 heavy (non-hydrogen) atoms. The van der Waals surface area contributed by atoms with E-state index in [1.165, 1.54) is 4.31 Å². The summed E-state index contributed by atoms with van der Waals surface area (Å²) in [5.41, 5.74) is 6.44. The van der Waals surface area contributed by atoms with Gasteiger partial charge in [-0.2, -0.15) is 0 Å². The molecule has 248 valence electrons. The standard InChI is InChI=1S/C38H35N5O4S2/c1-27-39-20-22-43(27)21-9-23-49(46,47)42(2)31-17-15-29(16-18-31)34-25-40-38-37(36(34)30-10-5-3-6-11-30)33-24-28(14-19-35(33)41-38)26-48(44,45)32-12-7-4-8-13-32/h3-8,10-20,22,24-25H,9,21,23,26H2,1-2H3,(H,40,41). The van der Waals surface area contributed by atoms with Gasteiger partial charge in [-0.25, -0.2) is 26.8 Å². The Morgan fingerprint density at radius 1 is 0.816 bits per heavy atom. The summed E-state index contributed by atoms with van der Waals surface area (Å²) in [7, 11) is -5.51. The Morgan fingerprint density at radius 3 is 2.22 bits per heavy atom. The number of sulfone groups is 1. The van der Waals surface area contributed by atoms with Gasteiger partial charge >= 0.3 is 0 Å². The quantitative estimate of drug-likeness (QED) is 0.151. The van der Waals surface area contributed by atoms with Gasteiger partial charge in [0.05, 0.1) is 22.1 Å². The van der Waals surface area contributed by atoms with Crippen molar-refractivity contribution in [1.29, 1.82) is 0 Å². The van der Waals surface area contributed by atoms with E-state index in [1.54, 1.807) is 43.6 Å². The second kappa shape index (κ2) is 13.0. The number of hydrogen-bond acceptors (Lipinski definition) is 6. The van der Waals surface area contributed by atoms with Crippen molar-refractivity contribution >= 4 is 47.5 Å². The summed E-state index contributed by atoms with van der Waals surface area (Å²) in [6, 6.07) is 31.6. The summed E-state index contributed by atoms with van der Waals surface area (Å²) < 4.78 is 56.2. The van der Waals surface area contributed by atoms with Crippen molar-refractivity contribution in [2.24, 2.45) is 0 Å². The highest BCUT2D eigenvalue weighted by Crippen LogP contribution is 2.41. The Balaban J connectivity index is 1.25. The van der Waals surface area contributed by atoms with Gasteiger partial charge in [0, 0.05) is 59.6 Å². The average molecular weight is 690 g/mol. The SMILES string of the molecule is Cc1nccn1CCCS(=O)(=O)N(C)c1ccc(-c2cnc3[nH]c4ccc(CS(=O)(=O)c5ccccc5)cc4c3c2-c2ccccc2)cc1. The number of rotatable bonds is 11. The van der Waals surface area contributed by atoms with Crippen LogP contribution in [0.3, 0.4) is 0 Å². The number of aryl methyl sites for hydroxylation is 2. The highest BCUT2D eigenvalue weighted by molar-refractivity contribution is 7.92. The lowest BCUT2D eigenvalue weighted by Crippen LogP contribution is -2.29. The van der Waals surface area contributed by atoms with Crippen molar-refractivity contribution in [3.8, 4) is 22.3 Å². The lowest BCUT2D eigenvalue weighted by atomic mass is 9.92. The van der Waals surface area contributed by atoms with Crippen molar-refractivity contribution in [3.63, 3.8) is 0 Å². The van der Waals surface area contributed by atoms with Gasteiger partial charge in [0.2, 0.25) is 10.0 Å². The summed E-state index contributed by atoms with van der Waals surface area (Å²) in [5, 5.41) is 1.76. The number of fused-ring (bicyclic) bond motifs is 3. The second-order valence-corrected chi connectivity index (χ2v) is 16.2. The molecule has 0 saturated heterocycles. The van der Waals surface area contributed by atoms with Crippen molar-refractivity contribution < 1.29 is 16.8 Å². The third-order valence-electron chi connectivity index (χ3n) is 8.89. The van der Waals surface area contributed by atoms with Crippen LogP contribution in [-0.4, -0.2) is 49.2 Å². The molecule has 9 nitrogen and oxygen atoms in total. The Kier molecular flexibility index (Phi) is 8.56. The van der Waals surface area contributed by atoms with E-state index < -0.39 is 19.9 Å². The van der Waals surface area contributed by atoms with Gasteiger partial charge < -0.3 is 9.55 Å². The maximum atomic E-state index is 13.3. The largest absolute Gasteiger partial charge is 0.339 e. The molecular formula is C38H35N5O4S2. The fourth-order valence-corrected chi connectivity index (χ4v) is 8.82. The van der Waals surface area contributed by atoms with E-state index >= 15 is 0 Å². The van der Waals surface area contributed by atoms with Crippen LogP contribution in [0.2, 0.25) is 0 Å². The molecule has 0 atom stereocenters. The first-order valence-corrected chi connectivity index (χ1v) is 19.2. The number of nitrogens with zero attached hydrogens (tertiary/aromatic N) is 4. The Hall–Kier alpha value is -5.26. The van der Waals surface area contributed by atoms with Crippen molar-refractivity contribution in [2.75, 3.05) is 17.1 Å². The minimum absolute atomic E-state index is 0.0107. The first-order valence-electron chi connectivity index (χ1n) is 15.9. The molecule has 0 aliphatic rings. The minimum Gasteiger partial charge on any atom is -0.339 e. The number of anilines is 1. The molecule has 4 aromatic carbocycles. The zero-order valence-electron chi connectivity index (χ0n) is 27.1. The van der Waals surface area contributed by atoms with Crippen LogP contribution in [0.1, 0.15) is 17.8 Å². The third-order valence-corrected chi connectivity index (χ3v) is 12.4. The van der Waals surface area contributed by atoms with Crippen LogP contribution in [0.15, 0.2) is 127 Å². The van der Waals surface area contributed by atoms with Gasteiger partial charge in [-0.05, 0) is 66.4 Å². The fraction of sp³-hybridized carbons (Fsp3) is 0.158. The molecule has 3 heterocycles. The number of aromatic amines is 1. The molecule has 7 rings (SSSR count). The first kappa shape index (κ1) is 32.3. The van der Waals surface area contributed by atoms with E-state index in [9.17, 15) is 16.8 Å². The van der Waals surface area contributed by atoms with E-state index in [1.807, 2.05) is 96.7 Å². The minimum atomic E-state index is -3.55. The molecule has 0 amide bonds. The molecule has 0 bridgehead atoms. The van der Waals surface area contributed by atoms with Crippen LogP contribution in [0.5, 0.6) is 0 Å². The predicted octanol–water partition coefficient (Wildman–Crippen LogP) is 7.39. The van der Waals surface area contributed by atoms with Gasteiger partial charge in [-0.3, -0.25) is 4.31 Å². The molecule has 3 aromatic heterocycles. The highest BCUT2D eigenvalue weighted by Gasteiger charge is 2.22. The Labute approximate surface area is 285 Å². The summed E-state index contributed by atoms with van der Waals surface area (Å²) in [5.74, 6) is 0.735. The summed E-state index contributed by atoms with van der Waals surface area (Å²) in [4.78, 5) is 12.7. The number of nitrogens with one attached hydrogen (secondary N) is 1. The smallest absolute Gasteiger partial charge is 0.234 e. The lowest BCUT2D eigenvalue weighted by molar-refractivity contribution is 0.582. The van der Waals surface area contributed by atoms with Gasteiger partial charge in [0.1, 0.15) is 11.5 Å². The summed E-state index contributed by atoms with van der Waals surface area (Å²) in [6.45, 7) is 2.47. The van der Waals surface area contributed by atoms with E-state index in [-0.39, 0.29) is 16.4 Å². The second-order valence-electron chi connectivity index (χ2n) is 12.1. The monoisotopic (exact) mass is 689 g/mol. The van der Waals surface area contributed by atoms with E-state index in [2.05, 4.69) is 9.97 Å². The zero-order chi connectivity index (χ0) is 34.2. The number of imidazole rings is 1. The highest BCUT2D eigenvalue weighted by atomic mass is 32.2. The molecule has 1 N–H and O–H groups in total. The molecule has 0 saturated carbocycles. The normalized spacial score (nSPS) is 12.1. The molecule has 0 fully saturated rings. The van der Waals surface area contributed by atoms with Crippen LogP contribution in [0.25, 0.3) is 44.2 Å². The Morgan fingerprint density at radius 2 is 1.53 bits per heavy atom. The first-order chi connectivity index (χ1) is 23.6.